The van der Waals surface area contributed by atoms with Crippen molar-refractivity contribution in [3.05, 3.63) is 81.2 Å². The molecule has 8 nitrogen and oxygen atoms in total. The number of aromatic nitrogens is 5. The molecule has 2 aromatic heterocycles. The number of anilines is 1. The summed E-state index contributed by atoms with van der Waals surface area (Å²) in [6, 6.07) is 12.9. The highest BCUT2D eigenvalue weighted by molar-refractivity contribution is 5.83. The van der Waals surface area contributed by atoms with E-state index in [2.05, 4.69) is 43.3 Å². The molecule has 0 spiro atoms. The quantitative estimate of drug-likeness (QED) is 0.439. The number of halogens is 1. The minimum absolute atomic E-state index is 0.125. The fourth-order valence-corrected chi connectivity index (χ4v) is 6.11. The maximum absolute atomic E-state index is 14.5. The Balaban J connectivity index is 1.41. The van der Waals surface area contributed by atoms with Crippen molar-refractivity contribution in [2.75, 3.05) is 31.1 Å². The molecule has 0 amide bonds. The minimum Gasteiger partial charge on any atom is -0.367 e. The maximum atomic E-state index is 14.5. The molecule has 1 aliphatic heterocycles. The number of hydrogen-bond donors (Lipinski definition) is 1. The summed E-state index contributed by atoms with van der Waals surface area (Å²) >= 11 is 0. The van der Waals surface area contributed by atoms with Crippen LogP contribution in [0.1, 0.15) is 60.3 Å². The molecule has 1 N–H and O–H groups in total. The number of nitrogens with zero attached hydrogens (tertiary/aromatic N) is 6. The van der Waals surface area contributed by atoms with Gasteiger partial charge in [0, 0.05) is 42.6 Å². The van der Waals surface area contributed by atoms with E-state index in [1.807, 2.05) is 35.9 Å². The van der Waals surface area contributed by atoms with Gasteiger partial charge in [0.25, 0.3) is 5.56 Å². The summed E-state index contributed by atoms with van der Waals surface area (Å²) in [7, 11) is 0. The molecule has 1 atom stereocenters. The molecule has 6 rings (SSSR count). The first-order chi connectivity index (χ1) is 18.0. The number of pyridine rings is 1. The third kappa shape index (κ3) is 4.41. The van der Waals surface area contributed by atoms with Gasteiger partial charge in [-0.3, -0.25) is 9.69 Å². The zero-order valence-corrected chi connectivity index (χ0v) is 21.3. The van der Waals surface area contributed by atoms with Crippen LogP contribution in [-0.2, 0) is 0 Å². The Kier molecular flexibility index (Phi) is 6.24. The molecule has 3 heterocycles. The second kappa shape index (κ2) is 9.70. The van der Waals surface area contributed by atoms with Crippen molar-refractivity contribution in [2.24, 2.45) is 0 Å². The lowest BCUT2D eigenvalue weighted by atomic mass is 9.99. The largest absolute Gasteiger partial charge is 0.367 e. The number of para-hydroxylation sites is 1. The smallest absolute Gasteiger partial charge is 0.253 e. The predicted molar refractivity (Wildman–Crippen MR) is 141 cm³/mol. The molecule has 0 unspecified atom stereocenters. The van der Waals surface area contributed by atoms with Crippen molar-refractivity contribution in [1.82, 2.24) is 30.1 Å². The first kappa shape index (κ1) is 23.8. The van der Waals surface area contributed by atoms with Crippen molar-refractivity contribution in [3.8, 4) is 0 Å². The molecule has 9 heteroatoms. The van der Waals surface area contributed by atoms with E-state index in [4.69, 9.17) is 0 Å². The minimum atomic E-state index is -0.396. The average Bonchev–Trinajstić information content (AvgIpc) is 3.58. The highest BCUT2D eigenvalue weighted by atomic mass is 19.1. The summed E-state index contributed by atoms with van der Waals surface area (Å²) in [5.74, 6) is 0.496. The van der Waals surface area contributed by atoms with E-state index in [0.29, 0.717) is 43.3 Å². The Hall–Kier alpha value is -3.59. The van der Waals surface area contributed by atoms with Crippen LogP contribution in [0.25, 0.3) is 10.9 Å². The van der Waals surface area contributed by atoms with Crippen molar-refractivity contribution in [2.45, 2.75) is 51.6 Å². The van der Waals surface area contributed by atoms with E-state index in [0.717, 1.165) is 47.7 Å². The zero-order chi connectivity index (χ0) is 25.5. The molecule has 1 saturated heterocycles. The molecular weight excluding hydrogens is 469 g/mol. The number of aryl methyl sites for hydroxylation is 2. The van der Waals surface area contributed by atoms with Crippen molar-refractivity contribution in [1.29, 1.82) is 0 Å². The van der Waals surface area contributed by atoms with Gasteiger partial charge < -0.3 is 9.88 Å². The first-order valence-corrected chi connectivity index (χ1v) is 13.1. The van der Waals surface area contributed by atoms with E-state index in [1.165, 1.54) is 6.07 Å². The van der Waals surface area contributed by atoms with E-state index in [9.17, 15) is 9.18 Å². The monoisotopic (exact) mass is 501 g/mol. The number of aromatic amines is 1. The number of piperazine rings is 1. The molecule has 1 aliphatic carbocycles. The topological polar surface area (TPSA) is 82.9 Å². The number of benzene rings is 2. The van der Waals surface area contributed by atoms with Gasteiger partial charge in [-0.15, -0.1) is 5.10 Å². The highest BCUT2D eigenvalue weighted by Crippen LogP contribution is 2.35. The fourth-order valence-electron chi connectivity index (χ4n) is 6.11. The SMILES string of the molecule is Cc1cc(C)c2cc([C@H](c3nnnn3C3CCCC3)N3CCN(c4ccccc4F)CC3)c(=O)[nH]c2c1. The third-order valence-electron chi connectivity index (χ3n) is 7.94. The number of rotatable bonds is 5. The van der Waals surface area contributed by atoms with E-state index in [1.54, 1.807) is 6.07 Å². The lowest BCUT2D eigenvalue weighted by Gasteiger charge is -2.39. The number of tetrazole rings is 1. The van der Waals surface area contributed by atoms with Crippen LogP contribution >= 0.6 is 0 Å². The third-order valence-corrected chi connectivity index (χ3v) is 7.94. The highest BCUT2D eigenvalue weighted by Gasteiger charge is 2.35. The van der Waals surface area contributed by atoms with Crippen LogP contribution in [0.5, 0.6) is 0 Å². The van der Waals surface area contributed by atoms with Crippen LogP contribution in [0.3, 0.4) is 0 Å². The Bertz CT molecular complexity index is 1480. The normalized spacial score (nSPS) is 18.1. The van der Waals surface area contributed by atoms with Gasteiger partial charge in [0.1, 0.15) is 11.9 Å². The van der Waals surface area contributed by atoms with Gasteiger partial charge in [-0.05, 0) is 72.5 Å². The Morgan fingerprint density at radius 3 is 2.54 bits per heavy atom. The number of fused-ring (bicyclic) bond motifs is 1. The number of nitrogens with one attached hydrogen (secondary N) is 1. The molecule has 0 bridgehead atoms. The molecule has 2 fully saturated rings. The van der Waals surface area contributed by atoms with Gasteiger partial charge >= 0.3 is 0 Å². The van der Waals surface area contributed by atoms with Crippen molar-refractivity contribution in [3.63, 3.8) is 0 Å². The predicted octanol–water partition coefficient (Wildman–Crippen LogP) is 4.30. The van der Waals surface area contributed by atoms with E-state index in [-0.39, 0.29) is 17.4 Å². The molecule has 1 saturated carbocycles. The molecule has 2 aromatic carbocycles. The average molecular weight is 502 g/mol. The van der Waals surface area contributed by atoms with Crippen LogP contribution in [0, 0.1) is 19.7 Å². The second-order valence-electron chi connectivity index (χ2n) is 10.4. The Morgan fingerprint density at radius 1 is 1.03 bits per heavy atom. The molecule has 192 valence electrons. The molecular formula is C28H32FN7O. The second-order valence-corrected chi connectivity index (χ2v) is 10.4. The number of hydrogen-bond acceptors (Lipinski definition) is 6. The lowest BCUT2D eigenvalue weighted by Crippen LogP contribution is -2.49. The summed E-state index contributed by atoms with van der Waals surface area (Å²) in [5.41, 5.74) is 4.20. The maximum Gasteiger partial charge on any atom is 0.253 e. The Labute approximate surface area is 215 Å². The van der Waals surface area contributed by atoms with Gasteiger partial charge in [0.2, 0.25) is 0 Å². The van der Waals surface area contributed by atoms with Crippen LogP contribution in [0.15, 0.2) is 47.3 Å². The molecule has 2 aliphatic rings. The van der Waals surface area contributed by atoms with E-state index < -0.39 is 6.04 Å². The Morgan fingerprint density at radius 2 is 1.78 bits per heavy atom. The van der Waals surface area contributed by atoms with Crippen LogP contribution in [-0.4, -0.2) is 56.3 Å². The van der Waals surface area contributed by atoms with Crippen molar-refractivity contribution >= 4 is 16.6 Å². The van der Waals surface area contributed by atoms with Crippen LogP contribution < -0.4 is 10.5 Å². The summed E-state index contributed by atoms with van der Waals surface area (Å²) < 4.78 is 16.4. The molecule has 4 aromatic rings. The lowest BCUT2D eigenvalue weighted by molar-refractivity contribution is 0.196. The fraction of sp³-hybridized carbons (Fsp3) is 0.429. The standard InChI is InChI=1S/C28H32FN7O/c1-18-15-19(2)21-17-22(28(37)30-24(21)16-18)26(27-31-32-33-36(27)20-7-3-4-8-20)35-13-11-34(12-14-35)25-10-6-5-9-23(25)29/h5-6,9-10,15-17,20,26H,3-4,7-8,11-14H2,1-2H3,(H,30,37)/t26-/m1/s1. The van der Waals surface area contributed by atoms with Crippen molar-refractivity contribution < 1.29 is 4.39 Å². The zero-order valence-electron chi connectivity index (χ0n) is 21.3. The van der Waals surface area contributed by atoms with Gasteiger partial charge in [-0.1, -0.05) is 31.0 Å². The van der Waals surface area contributed by atoms with Gasteiger partial charge in [-0.2, -0.15) is 0 Å². The first-order valence-electron chi connectivity index (χ1n) is 13.1. The number of H-pyrrole nitrogens is 1. The molecule has 37 heavy (non-hydrogen) atoms. The van der Waals surface area contributed by atoms with E-state index >= 15 is 0 Å². The van der Waals surface area contributed by atoms with Gasteiger partial charge in [0.05, 0.1) is 11.7 Å². The summed E-state index contributed by atoms with van der Waals surface area (Å²) in [6.45, 7) is 6.70. The summed E-state index contributed by atoms with van der Waals surface area (Å²) in [4.78, 5) is 21.1. The summed E-state index contributed by atoms with van der Waals surface area (Å²) in [6.07, 6.45) is 4.40. The van der Waals surface area contributed by atoms with Crippen LogP contribution in [0.4, 0.5) is 10.1 Å². The molecule has 0 radical (unpaired) electrons. The van der Waals surface area contributed by atoms with Crippen LogP contribution in [0.2, 0.25) is 0 Å². The van der Waals surface area contributed by atoms with Gasteiger partial charge in [0.15, 0.2) is 5.82 Å². The summed E-state index contributed by atoms with van der Waals surface area (Å²) in [5, 5.41) is 14.0. The van der Waals surface area contributed by atoms with Gasteiger partial charge in [-0.25, -0.2) is 9.07 Å².